The standard InChI is InChI=1S/C11H15F2NO2/c1-2-8(14)10(6-15)16-9-5-3-4-7(12)11(9)13/h3-5,8,10,15H,2,6,14H2,1H3. The van der Waals surface area contributed by atoms with Crippen molar-refractivity contribution in [3.63, 3.8) is 0 Å². The number of aliphatic hydroxyl groups is 1. The lowest BCUT2D eigenvalue weighted by Gasteiger charge is -2.22. The zero-order valence-corrected chi connectivity index (χ0v) is 8.99. The molecule has 1 aromatic carbocycles. The lowest BCUT2D eigenvalue weighted by Crippen LogP contribution is -2.41. The smallest absolute Gasteiger partial charge is 0.200 e. The Balaban J connectivity index is 2.82. The van der Waals surface area contributed by atoms with Gasteiger partial charge in [-0.1, -0.05) is 13.0 Å². The first kappa shape index (κ1) is 12.9. The van der Waals surface area contributed by atoms with Gasteiger partial charge in [0, 0.05) is 6.04 Å². The highest BCUT2D eigenvalue weighted by Gasteiger charge is 2.19. The van der Waals surface area contributed by atoms with Crippen molar-refractivity contribution in [3.8, 4) is 5.75 Å². The third-order valence-corrected chi connectivity index (χ3v) is 2.32. The topological polar surface area (TPSA) is 55.5 Å². The zero-order valence-electron chi connectivity index (χ0n) is 8.99. The van der Waals surface area contributed by atoms with Gasteiger partial charge in [-0.25, -0.2) is 4.39 Å². The summed E-state index contributed by atoms with van der Waals surface area (Å²) in [6.45, 7) is 1.48. The third-order valence-electron chi connectivity index (χ3n) is 2.32. The Bertz CT molecular complexity index is 347. The summed E-state index contributed by atoms with van der Waals surface area (Å²) < 4.78 is 31.2. The Labute approximate surface area is 92.8 Å². The molecule has 1 rings (SSSR count). The van der Waals surface area contributed by atoms with Gasteiger partial charge >= 0.3 is 0 Å². The molecule has 0 saturated carbocycles. The molecule has 90 valence electrons. The number of ether oxygens (including phenoxy) is 1. The number of rotatable bonds is 5. The molecule has 2 atom stereocenters. The van der Waals surface area contributed by atoms with E-state index in [1.54, 1.807) is 0 Å². The summed E-state index contributed by atoms with van der Waals surface area (Å²) in [5.74, 6) is -2.29. The Morgan fingerprint density at radius 1 is 1.44 bits per heavy atom. The van der Waals surface area contributed by atoms with Crippen LogP contribution in [-0.2, 0) is 0 Å². The Hall–Kier alpha value is -1.20. The predicted octanol–water partition coefficient (Wildman–Crippen LogP) is 1.44. The van der Waals surface area contributed by atoms with Crippen LogP contribution >= 0.6 is 0 Å². The zero-order chi connectivity index (χ0) is 12.1. The van der Waals surface area contributed by atoms with Crippen molar-refractivity contribution in [1.82, 2.24) is 0 Å². The molecule has 0 bridgehead atoms. The van der Waals surface area contributed by atoms with E-state index in [0.717, 1.165) is 6.07 Å². The fourth-order valence-corrected chi connectivity index (χ4v) is 1.26. The Morgan fingerprint density at radius 3 is 2.69 bits per heavy atom. The molecule has 0 saturated heterocycles. The van der Waals surface area contributed by atoms with Crippen LogP contribution < -0.4 is 10.5 Å². The highest BCUT2D eigenvalue weighted by atomic mass is 19.2. The molecule has 5 heteroatoms. The number of hydrogen-bond donors (Lipinski definition) is 2. The summed E-state index contributed by atoms with van der Waals surface area (Å²) in [5, 5.41) is 9.03. The van der Waals surface area contributed by atoms with E-state index in [1.165, 1.54) is 12.1 Å². The van der Waals surface area contributed by atoms with Crippen molar-refractivity contribution in [1.29, 1.82) is 0 Å². The van der Waals surface area contributed by atoms with E-state index in [2.05, 4.69) is 0 Å². The van der Waals surface area contributed by atoms with E-state index < -0.39 is 23.8 Å². The van der Waals surface area contributed by atoms with Crippen LogP contribution in [0.15, 0.2) is 18.2 Å². The van der Waals surface area contributed by atoms with Crippen molar-refractivity contribution in [2.45, 2.75) is 25.5 Å². The maximum Gasteiger partial charge on any atom is 0.200 e. The molecule has 3 nitrogen and oxygen atoms in total. The van der Waals surface area contributed by atoms with Crippen molar-refractivity contribution in [2.24, 2.45) is 5.73 Å². The molecule has 0 fully saturated rings. The number of nitrogens with two attached hydrogens (primary N) is 1. The predicted molar refractivity (Wildman–Crippen MR) is 56.1 cm³/mol. The van der Waals surface area contributed by atoms with Crippen molar-refractivity contribution < 1.29 is 18.6 Å². The Kier molecular flexibility index (Phi) is 4.64. The molecule has 0 amide bonds. The summed E-state index contributed by atoms with van der Waals surface area (Å²) >= 11 is 0. The minimum atomic E-state index is -1.07. The lowest BCUT2D eigenvalue weighted by molar-refractivity contribution is 0.0888. The van der Waals surface area contributed by atoms with Crippen LogP contribution in [0.5, 0.6) is 5.75 Å². The Morgan fingerprint density at radius 2 is 2.12 bits per heavy atom. The molecule has 0 aliphatic rings. The number of benzene rings is 1. The van der Waals surface area contributed by atoms with Crippen molar-refractivity contribution in [3.05, 3.63) is 29.8 Å². The van der Waals surface area contributed by atoms with Gasteiger partial charge in [0.15, 0.2) is 11.6 Å². The van der Waals surface area contributed by atoms with E-state index >= 15 is 0 Å². The van der Waals surface area contributed by atoms with Crippen LogP contribution in [0.25, 0.3) is 0 Å². The quantitative estimate of drug-likeness (QED) is 0.806. The fraction of sp³-hybridized carbons (Fsp3) is 0.455. The van der Waals surface area contributed by atoms with Gasteiger partial charge in [0.05, 0.1) is 6.61 Å². The van der Waals surface area contributed by atoms with E-state index in [9.17, 15) is 8.78 Å². The van der Waals surface area contributed by atoms with Gasteiger partial charge in [-0.05, 0) is 18.6 Å². The minimum Gasteiger partial charge on any atom is -0.483 e. The molecule has 2 unspecified atom stereocenters. The molecule has 16 heavy (non-hydrogen) atoms. The number of aliphatic hydroxyl groups excluding tert-OH is 1. The molecule has 0 aliphatic carbocycles. The van der Waals surface area contributed by atoms with Gasteiger partial charge in [-0.15, -0.1) is 0 Å². The van der Waals surface area contributed by atoms with Gasteiger partial charge in [0.2, 0.25) is 5.82 Å². The second-order valence-electron chi connectivity index (χ2n) is 3.46. The van der Waals surface area contributed by atoms with Gasteiger partial charge < -0.3 is 15.6 Å². The largest absolute Gasteiger partial charge is 0.483 e. The van der Waals surface area contributed by atoms with Crippen LogP contribution in [0.2, 0.25) is 0 Å². The lowest BCUT2D eigenvalue weighted by atomic mass is 10.1. The van der Waals surface area contributed by atoms with Crippen LogP contribution in [0.4, 0.5) is 8.78 Å². The van der Waals surface area contributed by atoms with Gasteiger partial charge in [0.25, 0.3) is 0 Å². The minimum absolute atomic E-state index is 0.233. The van der Waals surface area contributed by atoms with Gasteiger partial charge in [0.1, 0.15) is 6.10 Å². The monoisotopic (exact) mass is 231 g/mol. The normalized spacial score (nSPS) is 14.6. The highest BCUT2D eigenvalue weighted by Crippen LogP contribution is 2.21. The van der Waals surface area contributed by atoms with Gasteiger partial charge in [-0.2, -0.15) is 4.39 Å². The first-order chi connectivity index (χ1) is 7.60. The summed E-state index contributed by atoms with van der Waals surface area (Å²) in [6.07, 6.45) is -0.163. The fourth-order valence-electron chi connectivity index (χ4n) is 1.26. The third kappa shape index (κ3) is 2.90. The number of hydrogen-bond acceptors (Lipinski definition) is 3. The second kappa shape index (κ2) is 5.77. The summed E-state index contributed by atoms with van der Waals surface area (Å²) in [5.41, 5.74) is 5.66. The molecule has 0 aromatic heterocycles. The SMILES string of the molecule is CCC(N)C(CO)Oc1cccc(F)c1F. The van der Waals surface area contributed by atoms with E-state index in [1.807, 2.05) is 6.92 Å². The number of halogens is 2. The first-order valence-corrected chi connectivity index (χ1v) is 5.07. The van der Waals surface area contributed by atoms with Crippen LogP contribution in [0.3, 0.4) is 0 Å². The second-order valence-corrected chi connectivity index (χ2v) is 3.46. The molecule has 0 radical (unpaired) electrons. The maximum atomic E-state index is 13.2. The van der Waals surface area contributed by atoms with Gasteiger partial charge in [-0.3, -0.25) is 0 Å². The van der Waals surface area contributed by atoms with Crippen molar-refractivity contribution >= 4 is 0 Å². The average Bonchev–Trinajstić information content (AvgIpc) is 2.30. The molecular weight excluding hydrogens is 216 g/mol. The maximum absolute atomic E-state index is 13.2. The summed E-state index contributed by atoms with van der Waals surface area (Å²) in [6, 6.07) is 3.20. The molecule has 0 spiro atoms. The molecule has 1 aromatic rings. The molecular formula is C11H15F2NO2. The van der Waals surface area contributed by atoms with E-state index in [4.69, 9.17) is 15.6 Å². The first-order valence-electron chi connectivity index (χ1n) is 5.07. The van der Waals surface area contributed by atoms with Crippen molar-refractivity contribution in [2.75, 3.05) is 6.61 Å². The average molecular weight is 231 g/mol. The summed E-state index contributed by atoms with van der Waals surface area (Å²) in [4.78, 5) is 0. The molecule has 0 aliphatic heterocycles. The summed E-state index contributed by atoms with van der Waals surface area (Å²) in [7, 11) is 0. The van der Waals surface area contributed by atoms with Crippen LogP contribution in [-0.4, -0.2) is 23.9 Å². The molecule has 3 N–H and O–H groups in total. The van der Waals surface area contributed by atoms with E-state index in [-0.39, 0.29) is 12.4 Å². The van der Waals surface area contributed by atoms with Crippen LogP contribution in [0, 0.1) is 11.6 Å². The molecule has 0 heterocycles. The van der Waals surface area contributed by atoms with Crippen LogP contribution in [0.1, 0.15) is 13.3 Å². The van der Waals surface area contributed by atoms with E-state index in [0.29, 0.717) is 6.42 Å². The highest BCUT2D eigenvalue weighted by molar-refractivity contribution is 5.25.